The van der Waals surface area contributed by atoms with E-state index in [1.807, 2.05) is 32.2 Å². The standard InChI is InChI=1S/C20H18N8O2S/c1-11-3-4-14-13(7-23-26-14)17(11)24-19(29)15-8-22-20(31-15)25-18-12(2)9-28(27-18)10-16-21-5-6-30-16/h3-9H,10H2,1-2H3,(H,23,26)(H,24,29)(H,22,25,27). The van der Waals surface area contributed by atoms with Crippen LogP contribution in [0.4, 0.5) is 16.6 Å². The van der Waals surface area contributed by atoms with Crippen molar-refractivity contribution in [2.45, 2.75) is 20.4 Å². The number of carbonyl (C=O) groups excluding carboxylic acids is 1. The first-order valence-corrected chi connectivity index (χ1v) is 10.3. The van der Waals surface area contributed by atoms with Crippen LogP contribution in [0.1, 0.15) is 26.7 Å². The number of amides is 1. The number of nitrogens with one attached hydrogen (secondary N) is 3. The van der Waals surface area contributed by atoms with Crippen molar-refractivity contribution in [3.63, 3.8) is 0 Å². The predicted octanol–water partition coefficient (Wildman–Crippen LogP) is 3.86. The molecule has 0 atom stereocenters. The minimum Gasteiger partial charge on any atom is -0.447 e. The topological polar surface area (TPSA) is 127 Å². The number of aromatic nitrogens is 6. The van der Waals surface area contributed by atoms with Gasteiger partial charge in [-0.2, -0.15) is 10.2 Å². The van der Waals surface area contributed by atoms with Gasteiger partial charge in [-0.05, 0) is 25.5 Å². The molecule has 0 aliphatic carbocycles. The Hall–Kier alpha value is -3.99. The first-order valence-electron chi connectivity index (χ1n) is 9.46. The molecule has 0 spiro atoms. The zero-order valence-electron chi connectivity index (χ0n) is 16.7. The van der Waals surface area contributed by atoms with E-state index in [2.05, 4.69) is 35.9 Å². The molecule has 10 nitrogen and oxygen atoms in total. The summed E-state index contributed by atoms with van der Waals surface area (Å²) in [7, 11) is 0. The van der Waals surface area contributed by atoms with Gasteiger partial charge in [0.1, 0.15) is 17.7 Å². The number of aromatic amines is 1. The third-order valence-corrected chi connectivity index (χ3v) is 5.66. The minimum absolute atomic E-state index is 0.228. The highest BCUT2D eigenvalue weighted by molar-refractivity contribution is 7.17. The molecule has 4 aromatic heterocycles. The SMILES string of the molecule is Cc1cn(Cc2ncco2)nc1Nc1ncc(C(=O)Nc2c(C)ccc3[nH]ncc23)s1. The van der Waals surface area contributed by atoms with Gasteiger partial charge in [0.25, 0.3) is 5.91 Å². The van der Waals surface area contributed by atoms with Crippen molar-refractivity contribution in [1.29, 1.82) is 0 Å². The monoisotopic (exact) mass is 434 g/mol. The number of benzene rings is 1. The van der Waals surface area contributed by atoms with E-state index in [0.29, 0.717) is 28.3 Å². The largest absolute Gasteiger partial charge is 0.447 e. The van der Waals surface area contributed by atoms with Gasteiger partial charge in [0, 0.05) is 17.1 Å². The van der Waals surface area contributed by atoms with Crippen LogP contribution in [-0.2, 0) is 6.54 Å². The number of oxazole rings is 1. The van der Waals surface area contributed by atoms with Crippen LogP contribution in [0, 0.1) is 13.8 Å². The number of nitrogens with zero attached hydrogens (tertiary/aromatic N) is 5. The quantitative estimate of drug-likeness (QED) is 0.370. The van der Waals surface area contributed by atoms with E-state index >= 15 is 0 Å². The summed E-state index contributed by atoms with van der Waals surface area (Å²) in [4.78, 5) is 21.7. The fraction of sp³-hybridized carbons (Fsp3) is 0.150. The average molecular weight is 434 g/mol. The molecule has 5 aromatic rings. The summed E-state index contributed by atoms with van der Waals surface area (Å²) in [5, 5.41) is 19.1. The molecule has 0 aliphatic rings. The molecule has 11 heteroatoms. The number of rotatable bonds is 6. The van der Waals surface area contributed by atoms with Gasteiger partial charge in [-0.25, -0.2) is 9.97 Å². The predicted molar refractivity (Wildman–Crippen MR) is 117 cm³/mol. The van der Waals surface area contributed by atoms with Crippen LogP contribution in [0.3, 0.4) is 0 Å². The lowest BCUT2D eigenvalue weighted by molar-refractivity contribution is 0.103. The molecule has 156 valence electrons. The Morgan fingerprint density at radius 1 is 1.23 bits per heavy atom. The van der Waals surface area contributed by atoms with Crippen LogP contribution >= 0.6 is 11.3 Å². The van der Waals surface area contributed by atoms with Gasteiger partial charge in [0.2, 0.25) is 5.89 Å². The second-order valence-corrected chi connectivity index (χ2v) is 8.01. The summed E-state index contributed by atoms with van der Waals surface area (Å²) in [6, 6.07) is 3.87. The van der Waals surface area contributed by atoms with E-state index in [9.17, 15) is 4.79 Å². The molecule has 1 amide bonds. The normalized spacial score (nSPS) is 11.2. The highest BCUT2D eigenvalue weighted by Crippen LogP contribution is 2.28. The van der Waals surface area contributed by atoms with Crippen molar-refractivity contribution in [3.8, 4) is 0 Å². The van der Waals surface area contributed by atoms with Crippen molar-refractivity contribution in [1.82, 2.24) is 29.9 Å². The molecule has 0 fully saturated rings. The van der Waals surface area contributed by atoms with Gasteiger partial charge in [-0.1, -0.05) is 17.4 Å². The summed E-state index contributed by atoms with van der Waals surface area (Å²) >= 11 is 1.25. The molecule has 0 unspecified atom stereocenters. The van der Waals surface area contributed by atoms with Crippen LogP contribution in [0.25, 0.3) is 10.9 Å². The van der Waals surface area contributed by atoms with Crippen molar-refractivity contribution in [2.24, 2.45) is 0 Å². The number of carbonyl (C=O) groups is 1. The van der Waals surface area contributed by atoms with Crippen molar-refractivity contribution >= 4 is 44.8 Å². The second kappa shape index (κ2) is 7.69. The molecule has 3 N–H and O–H groups in total. The minimum atomic E-state index is -0.228. The number of H-pyrrole nitrogens is 1. The lowest BCUT2D eigenvalue weighted by Crippen LogP contribution is -2.11. The zero-order valence-corrected chi connectivity index (χ0v) is 17.5. The Kier molecular flexibility index (Phi) is 4.71. The lowest BCUT2D eigenvalue weighted by Gasteiger charge is -2.08. The summed E-state index contributed by atoms with van der Waals surface area (Å²) in [6.07, 6.45) is 8.27. The van der Waals surface area contributed by atoms with Gasteiger partial charge in [0.05, 0.1) is 29.8 Å². The van der Waals surface area contributed by atoms with Crippen molar-refractivity contribution in [3.05, 3.63) is 65.1 Å². The molecular weight excluding hydrogens is 416 g/mol. The van der Waals surface area contributed by atoms with Gasteiger partial charge < -0.3 is 15.1 Å². The number of thiazole rings is 1. The van der Waals surface area contributed by atoms with Crippen LogP contribution in [0.2, 0.25) is 0 Å². The Labute approximate surface area is 180 Å². The zero-order chi connectivity index (χ0) is 21.4. The number of hydrogen-bond donors (Lipinski definition) is 3. The van der Waals surface area contributed by atoms with E-state index < -0.39 is 0 Å². The molecule has 0 saturated carbocycles. The third kappa shape index (κ3) is 3.78. The van der Waals surface area contributed by atoms with E-state index in [1.165, 1.54) is 17.6 Å². The Morgan fingerprint density at radius 3 is 2.97 bits per heavy atom. The van der Waals surface area contributed by atoms with Crippen LogP contribution in [0.5, 0.6) is 0 Å². The summed E-state index contributed by atoms with van der Waals surface area (Å²) in [5.41, 5.74) is 3.50. The Balaban J connectivity index is 1.31. The molecule has 5 rings (SSSR count). The first kappa shape index (κ1) is 19.0. The molecular formula is C20H18N8O2S. The molecule has 31 heavy (non-hydrogen) atoms. The molecule has 0 aliphatic heterocycles. The summed E-state index contributed by atoms with van der Waals surface area (Å²) < 4.78 is 7.00. The van der Waals surface area contributed by atoms with Gasteiger partial charge in [-0.15, -0.1) is 0 Å². The molecule has 4 heterocycles. The van der Waals surface area contributed by atoms with Crippen molar-refractivity contribution in [2.75, 3.05) is 10.6 Å². The van der Waals surface area contributed by atoms with E-state index in [4.69, 9.17) is 4.42 Å². The number of hydrogen-bond acceptors (Lipinski definition) is 8. The van der Waals surface area contributed by atoms with Crippen LogP contribution in [-0.4, -0.2) is 35.9 Å². The maximum Gasteiger partial charge on any atom is 0.267 e. The van der Waals surface area contributed by atoms with E-state index in [0.717, 1.165) is 27.7 Å². The fourth-order valence-corrected chi connectivity index (χ4v) is 3.91. The van der Waals surface area contributed by atoms with Crippen LogP contribution in [0.15, 0.2) is 47.6 Å². The molecule has 1 aromatic carbocycles. The Bertz CT molecular complexity index is 1370. The smallest absolute Gasteiger partial charge is 0.267 e. The average Bonchev–Trinajstić information content (AvgIpc) is 3.53. The van der Waals surface area contributed by atoms with E-state index in [1.54, 1.807) is 23.3 Å². The molecule has 0 bridgehead atoms. The number of fused-ring (bicyclic) bond motifs is 1. The lowest BCUT2D eigenvalue weighted by atomic mass is 10.1. The fourth-order valence-electron chi connectivity index (χ4n) is 3.20. The highest BCUT2D eigenvalue weighted by Gasteiger charge is 2.16. The van der Waals surface area contributed by atoms with Gasteiger partial charge >= 0.3 is 0 Å². The number of anilines is 3. The third-order valence-electron chi connectivity index (χ3n) is 4.75. The Morgan fingerprint density at radius 2 is 2.13 bits per heavy atom. The summed E-state index contributed by atoms with van der Waals surface area (Å²) in [5.74, 6) is 1.01. The number of aryl methyl sites for hydroxylation is 2. The first-order chi connectivity index (χ1) is 15.1. The van der Waals surface area contributed by atoms with E-state index in [-0.39, 0.29) is 5.91 Å². The molecule has 0 saturated heterocycles. The van der Waals surface area contributed by atoms with Gasteiger partial charge in [0.15, 0.2) is 10.9 Å². The molecule has 0 radical (unpaired) electrons. The van der Waals surface area contributed by atoms with Gasteiger partial charge in [-0.3, -0.25) is 14.6 Å². The second-order valence-electron chi connectivity index (χ2n) is 6.98. The maximum absolute atomic E-state index is 12.8. The summed E-state index contributed by atoms with van der Waals surface area (Å²) in [6.45, 7) is 4.32. The van der Waals surface area contributed by atoms with Crippen LogP contribution < -0.4 is 10.6 Å². The maximum atomic E-state index is 12.8. The highest BCUT2D eigenvalue weighted by atomic mass is 32.1. The van der Waals surface area contributed by atoms with Crippen molar-refractivity contribution < 1.29 is 9.21 Å².